The first kappa shape index (κ1) is 18.8. The molecule has 6 heteroatoms. The van der Waals surface area contributed by atoms with Crippen LogP contribution in [0.4, 0.5) is 0 Å². The third-order valence-corrected chi connectivity index (χ3v) is 4.32. The fraction of sp³-hybridized carbons (Fsp3) is 0.286. The largest absolute Gasteiger partial charge is 0.383 e. The zero-order valence-corrected chi connectivity index (χ0v) is 15.8. The molecule has 0 saturated carbocycles. The van der Waals surface area contributed by atoms with Gasteiger partial charge < -0.3 is 10.1 Å². The van der Waals surface area contributed by atoms with Gasteiger partial charge in [-0.2, -0.15) is 5.10 Å². The van der Waals surface area contributed by atoms with Gasteiger partial charge >= 0.3 is 0 Å². The number of aromatic nitrogens is 3. The van der Waals surface area contributed by atoms with Crippen LogP contribution in [-0.2, 0) is 4.74 Å². The molecule has 0 atom stereocenters. The van der Waals surface area contributed by atoms with Gasteiger partial charge in [0.25, 0.3) is 5.91 Å². The Morgan fingerprint density at radius 1 is 1.15 bits per heavy atom. The van der Waals surface area contributed by atoms with Crippen LogP contribution in [0.3, 0.4) is 0 Å². The summed E-state index contributed by atoms with van der Waals surface area (Å²) in [6.07, 6.45) is 5.29. The van der Waals surface area contributed by atoms with Gasteiger partial charge in [-0.05, 0) is 35.7 Å². The monoisotopic (exact) mass is 364 g/mol. The summed E-state index contributed by atoms with van der Waals surface area (Å²) < 4.78 is 6.75. The summed E-state index contributed by atoms with van der Waals surface area (Å²) in [5, 5.41) is 7.20. The predicted molar refractivity (Wildman–Crippen MR) is 105 cm³/mol. The van der Waals surface area contributed by atoms with Crippen molar-refractivity contribution in [1.82, 2.24) is 20.1 Å². The van der Waals surface area contributed by atoms with Crippen LogP contribution >= 0.6 is 0 Å². The molecule has 0 unspecified atom stereocenters. The normalized spacial score (nSPS) is 11.0. The van der Waals surface area contributed by atoms with Gasteiger partial charge in [0.05, 0.1) is 29.7 Å². The zero-order valence-electron chi connectivity index (χ0n) is 15.8. The topological polar surface area (TPSA) is 69.0 Å². The number of methoxy groups -OCH3 is 1. The van der Waals surface area contributed by atoms with Gasteiger partial charge in [0.2, 0.25) is 0 Å². The summed E-state index contributed by atoms with van der Waals surface area (Å²) in [6.45, 7) is 5.30. The standard InChI is InChI=1S/C21H24N4O2/c1-15(2)16-4-7-19(8-5-16)25-14-18(13-24-25)20-9-6-17(12-23-20)21(26)22-10-11-27-3/h4-9,12-15H,10-11H2,1-3H3,(H,22,26). The second-order valence-electron chi connectivity index (χ2n) is 6.60. The van der Waals surface area contributed by atoms with Crippen molar-refractivity contribution in [2.24, 2.45) is 0 Å². The molecule has 1 amide bonds. The summed E-state index contributed by atoms with van der Waals surface area (Å²) in [5.74, 6) is 0.341. The fourth-order valence-electron chi connectivity index (χ4n) is 2.68. The second-order valence-corrected chi connectivity index (χ2v) is 6.60. The molecule has 0 radical (unpaired) electrons. The van der Waals surface area contributed by atoms with Crippen LogP contribution in [0.1, 0.15) is 35.7 Å². The molecule has 0 aliphatic carbocycles. The number of carbonyl (C=O) groups excluding carboxylic acids is 1. The molecular weight excluding hydrogens is 340 g/mol. The molecule has 6 nitrogen and oxygen atoms in total. The molecule has 3 rings (SSSR count). The number of rotatable bonds is 7. The first-order chi connectivity index (χ1) is 13.1. The van der Waals surface area contributed by atoms with Crippen LogP contribution < -0.4 is 5.32 Å². The highest BCUT2D eigenvalue weighted by molar-refractivity contribution is 5.94. The number of hydrogen-bond acceptors (Lipinski definition) is 4. The summed E-state index contributed by atoms with van der Waals surface area (Å²) in [7, 11) is 1.60. The predicted octanol–water partition coefficient (Wildman–Crippen LogP) is 3.43. The second kappa shape index (κ2) is 8.60. The molecule has 2 heterocycles. The van der Waals surface area contributed by atoms with E-state index < -0.39 is 0 Å². The Labute approximate surface area is 159 Å². The van der Waals surface area contributed by atoms with Crippen molar-refractivity contribution in [3.8, 4) is 16.9 Å². The van der Waals surface area contributed by atoms with Crippen LogP contribution in [0, 0.1) is 0 Å². The van der Waals surface area contributed by atoms with Crippen LogP contribution in [0.15, 0.2) is 55.0 Å². The molecule has 0 aliphatic heterocycles. The van der Waals surface area contributed by atoms with Crippen LogP contribution in [-0.4, -0.2) is 40.9 Å². The molecule has 1 aromatic carbocycles. The third-order valence-electron chi connectivity index (χ3n) is 4.32. The van der Waals surface area contributed by atoms with Crippen molar-refractivity contribution < 1.29 is 9.53 Å². The molecular formula is C21H24N4O2. The Hall–Kier alpha value is -2.99. The molecule has 0 bridgehead atoms. The van der Waals surface area contributed by atoms with Crippen molar-refractivity contribution >= 4 is 5.91 Å². The molecule has 3 aromatic rings. The third kappa shape index (κ3) is 4.60. The average molecular weight is 364 g/mol. The SMILES string of the molecule is COCCNC(=O)c1ccc(-c2cnn(-c3ccc(C(C)C)cc3)c2)nc1. The summed E-state index contributed by atoms with van der Waals surface area (Å²) in [6, 6.07) is 12.0. The van der Waals surface area contributed by atoms with Gasteiger partial charge in [-0.25, -0.2) is 4.68 Å². The van der Waals surface area contributed by atoms with Gasteiger partial charge in [0, 0.05) is 31.6 Å². The van der Waals surface area contributed by atoms with E-state index >= 15 is 0 Å². The van der Waals surface area contributed by atoms with Crippen molar-refractivity contribution in [2.45, 2.75) is 19.8 Å². The number of hydrogen-bond donors (Lipinski definition) is 1. The van der Waals surface area contributed by atoms with Gasteiger partial charge in [0.15, 0.2) is 0 Å². The number of ether oxygens (including phenoxy) is 1. The van der Waals surface area contributed by atoms with Crippen molar-refractivity contribution in [2.75, 3.05) is 20.3 Å². The van der Waals surface area contributed by atoms with Gasteiger partial charge in [0.1, 0.15) is 0 Å². The first-order valence-corrected chi connectivity index (χ1v) is 8.97. The quantitative estimate of drug-likeness (QED) is 0.652. The Morgan fingerprint density at radius 2 is 1.93 bits per heavy atom. The molecule has 0 saturated heterocycles. The fourth-order valence-corrected chi connectivity index (χ4v) is 2.68. The molecule has 2 aromatic heterocycles. The van der Waals surface area contributed by atoms with Crippen LogP contribution in [0.5, 0.6) is 0 Å². The Balaban J connectivity index is 1.71. The maximum Gasteiger partial charge on any atom is 0.252 e. The maximum absolute atomic E-state index is 12.0. The van der Waals surface area contributed by atoms with E-state index in [4.69, 9.17) is 4.74 Å². The molecule has 0 spiro atoms. The van der Waals surface area contributed by atoms with E-state index in [2.05, 4.69) is 53.5 Å². The highest BCUT2D eigenvalue weighted by Gasteiger charge is 2.09. The molecule has 0 aliphatic rings. The lowest BCUT2D eigenvalue weighted by atomic mass is 10.0. The van der Waals surface area contributed by atoms with Crippen molar-refractivity contribution in [1.29, 1.82) is 0 Å². The maximum atomic E-state index is 12.0. The van der Waals surface area contributed by atoms with Crippen molar-refractivity contribution in [3.05, 3.63) is 66.1 Å². The summed E-state index contributed by atoms with van der Waals surface area (Å²) >= 11 is 0. The number of benzene rings is 1. The van der Waals surface area contributed by atoms with Gasteiger partial charge in [-0.15, -0.1) is 0 Å². The minimum Gasteiger partial charge on any atom is -0.383 e. The van der Waals surface area contributed by atoms with Crippen LogP contribution in [0.25, 0.3) is 16.9 Å². The molecule has 1 N–H and O–H groups in total. The van der Waals surface area contributed by atoms with E-state index in [0.717, 1.165) is 16.9 Å². The average Bonchev–Trinajstić information content (AvgIpc) is 3.18. The van der Waals surface area contributed by atoms with Crippen LogP contribution in [0.2, 0.25) is 0 Å². The summed E-state index contributed by atoms with van der Waals surface area (Å²) in [5.41, 5.74) is 4.49. The Morgan fingerprint density at radius 3 is 2.56 bits per heavy atom. The number of carbonyl (C=O) groups is 1. The summed E-state index contributed by atoms with van der Waals surface area (Å²) in [4.78, 5) is 16.4. The highest BCUT2D eigenvalue weighted by atomic mass is 16.5. The number of amides is 1. The molecule has 0 fully saturated rings. The van der Waals surface area contributed by atoms with E-state index in [9.17, 15) is 4.79 Å². The number of nitrogens with one attached hydrogen (secondary N) is 1. The Kier molecular flexibility index (Phi) is 5.98. The van der Waals surface area contributed by atoms with E-state index in [1.807, 2.05) is 16.9 Å². The lowest BCUT2D eigenvalue weighted by Crippen LogP contribution is -2.26. The first-order valence-electron chi connectivity index (χ1n) is 8.97. The smallest absolute Gasteiger partial charge is 0.252 e. The zero-order chi connectivity index (χ0) is 19.2. The number of pyridine rings is 1. The van der Waals surface area contributed by atoms with Gasteiger partial charge in [-0.1, -0.05) is 26.0 Å². The van der Waals surface area contributed by atoms with E-state index in [1.54, 1.807) is 25.6 Å². The van der Waals surface area contributed by atoms with Crippen molar-refractivity contribution in [3.63, 3.8) is 0 Å². The van der Waals surface area contributed by atoms with Gasteiger partial charge in [-0.3, -0.25) is 9.78 Å². The highest BCUT2D eigenvalue weighted by Crippen LogP contribution is 2.20. The minimum atomic E-state index is -0.160. The molecule has 140 valence electrons. The number of nitrogens with zero attached hydrogens (tertiary/aromatic N) is 3. The Bertz CT molecular complexity index is 883. The molecule has 27 heavy (non-hydrogen) atoms. The minimum absolute atomic E-state index is 0.160. The van der Waals surface area contributed by atoms with E-state index in [1.165, 1.54) is 5.56 Å². The van der Waals surface area contributed by atoms with E-state index in [-0.39, 0.29) is 5.91 Å². The van der Waals surface area contributed by atoms with E-state index in [0.29, 0.717) is 24.6 Å². The lowest BCUT2D eigenvalue weighted by molar-refractivity contribution is 0.0937. The lowest BCUT2D eigenvalue weighted by Gasteiger charge is -2.06.